The normalized spacial score (nSPS) is 18.4. The molecule has 0 aromatic heterocycles. The molecule has 4 rings (SSSR count). The summed E-state index contributed by atoms with van der Waals surface area (Å²) >= 11 is 12.0. The van der Waals surface area contributed by atoms with Crippen LogP contribution < -0.4 is 10.1 Å². The fourth-order valence-corrected chi connectivity index (χ4v) is 4.66. The van der Waals surface area contributed by atoms with Crippen molar-refractivity contribution in [1.29, 1.82) is 0 Å². The molecule has 32 heavy (non-hydrogen) atoms. The molecule has 0 radical (unpaired) electrons. The predicted molar refractivity (Wildman–Crippen MR) is 126 cm³/mol. The highest BCUT2D eigenvalue weighted by Crippen LogP contribution is 2.29. The lowest BCUT2D eigenvalue weighted by atomic mass is 9.99. The Hall–Kier alpha value is -2.28. The van der Waals surface area contributed by atoms with E-state index < -0.39 is 0 Å². The van der Waals surface area contributed by atoms with Gasteiger partial charge in [0.1, 0.15) is 11.9 Å². The van der Waals surface area contributed by atoms with E-state index in [1.807, 2.05) is 12.1 Å². The molecule has 2 saturated heterocycles. The first-order valence-corrected chi connectivity index (χ1v) is 11.8. The summed E-state index contributed by atoms with van der Waals surface area (Å²) in [5.74, 6) is 0.393. The van der Waals surface area contributed by atoms with Crippen LogP contribution in [0.25, 0.3) is 0 Å². The van der Waals surface area contributed by atoms with Gasteiger partial charge in [0.2, 0.25) is 0 Å². The summed E-state index contributed by atoms with van der Waals surface area (Å²) in [6.07, 6.45) is 3.88. The van der Waals surface area contributed by atoms with E-state index in [1.54, 1.807) is 41.3 Å². The molecule has 0 aliphatic carbocycles. The minimum atomic E-state index is -0.359. The summed E-state index contributed by atoms with van der Waals surface area (Å²) < 4.78 is 6.09. The van der Waals surface area contributed by atoms with Crippen LogP contribution in [0.2, 0.25) is 10.0 Å². The maximum Gasteiger partial charge on any atom is 0.324 e. The number of carbonyl (C=O) groups is 2. The molecule has 6 nitrogen and oxygen atoms in total. The third-order valence-corrected chi connectivity index (χ3v) is 6.93. The second-order valence-electron chi connectivity index (χ2n) is 8.27. The summed E-state index contributed by atoms with van der Waals surface area (Å²) in [5, 5.41) is 3.53. The Morgan fingerprint density at radius 2 is 1.56 bits per heavy atom. The number of imide groups is 1. The lowest BCUT2D eigenvalue weighted by Crippen LogP contribution is -2.52. The first kappa shape index (κ1) is 22.9. The van der Waals surface area contributed by atoms with Crippen LogP contribution in [-0.2, 0) is 0 Å². The molecule has 3 amide bonds. The quantitative estimate of drug-likeness (QED) is 0.686. The minimum absolute atomic E-state index is 0.165. The highest BCUT2D eigenvalue weighted by atomic mass is 35.5. The maximum atomic E-state index is 12.5. The Bertz CT molecular complexity index is 941. The molecule has 2 aliphatic rings. The average molecular weight is 476 g/mol. The number of likely N-dealkylation sites (tertiary alicyclic amines) is 2. The highest BCUT2D eigenvalue weighted by molar-refractivity contribution is 6.42. The molecule has 0 atom stereocenters. The van der Waals surface area contributed by atoms with Crippen LogP contribution in [0.4, 0.5) is 4.79 Å². The smallest absolute Gasteiger partial charge is 0.324 e. The molecule has 8 heteroatoms. The zero-order valence-electron chi connectivity index (χ0n) is 17.8. The molecule has 0 spiro atoms. The van der Waals surface area contributed by atoms with Crippen molar-refractivity contribution in [1.82, 2.24) is 15.1 Å². The first-order chi connectivity index (χ1) is 15.5. The van der Waals surface area contributed by atoms with Gasteiger partial charge in [0, 0.05) is 43.9 Å². The van der Waals surface area contributed by atoms with Gasteiger partial charge < -0.3 is 9.64 Å². The lowest BCUT2D eigenvalue weighted by Gasteiger charge is -2.41. The van der Waals surface area contributed by atoms with Crippen LogP contribution >= 0.6 is 23.2 Å². The second-order valence-corrected chi connectivity index (χ2v) is 9.09. The van der Waals surface area contributed by atoms with E-state index in [9.17, 15) is 9.59 Å². The third kappa shape index (κ3) is 5.74. The van der Waals surface area contributed by atoms with Crippen molar-refractivity contribution in [2.45, 2.75) is 37.8 Å². The number of rotatable bonds is 4. The molecule has 0 unspecified atom stereocenters. The molecule has 2 aliphatic heterocycles. The maximum absolute atomic E-state index is 12.5. The van der Waals surface area contributed by atoms with Gasteiger partial charge in [-0.1, -0.05) is 41.4 Å². The highest BCUT2D eigenvalue weighted by Gasteiger charge is 2.30. The third-order valence-electron chi connectivity index (χ3n) is 6.19. The van der Waals surface area contributed by atoms with Crippen molar-refractivity contribution in [2.24, 2.45) is 0 Å². The zero-order chi connectivity index (χ0) is 22.5. The first-order valence-electron chi connectivity index (χ1n) is 11.0. The Kier molecular flexibility index (Phi) is 7.55. The topological polar surface area (TPSA) is 61.9 Å². The van der Waals surface area contributed by atoms with E-state index in [-0.39, 0.29) is 18.0 Å². The van der Waals surface area contributed by atoms with Gasteiger partial charge in [0.25, 0.3) is 5.91 Å². The number of urea groups is 1. The van der Waals surface area contributed by atoms with Crippen molar-refractivity contribution in [3.63, 3.8) is 0 Å². The van der Waals surface area contributed by atoms with Crippen molar-refractivity contribution >= 4 is 35.1 Å². The SMILES string of the molecule is O=C(NC(=O)N1CCC(N2CCC(Oc3ccc(Cl)c(Cl)c3)CC2)CC1)c1ccccc1. The number of benzene rings is 2. The standard InChI is InChI=1S/C24H27Cl2N3O3/c25-21-7-6-20(16-22(21)26)32-19-10-14-28(15-11-19)18-8-12-29(13-9-18)24(31)27-23(30)17-4-2-1-3-5-17/h1-7,16,18-19H,8-15H2,(H,27,30,31). The van der Waals surface area contributed by atoms with Gasteiger partial charge in [-0.15, -0.1) is 0 Å². The van der Waals surface area contributed by atoms with E-state index in [0.29, 0.717) is 34.7 Å². The van der Waals surface area contributed by atoms with Crippen LogP contribution in [-0.4, -0.2) is 60.1 Å². The fourth-order valence-electron chi connectivity index (χ4n) is 4.37. The molecule has 170 valence electrons. The van der Waals surface area contributed by atoms with Gasteiger partial charge in [-0.2, -0.15) is 0 Å². The van der Waals surface area contributed by atoms with Gasteiger partial charge in [-0.05, 0) is 49.9 Å². The zero-order valence-corrected chi connectivity index (χ0v) is 19.3. The second kappa shape index (κ2) is 10.6. The van der Waals surface area contributed by atoms with Crippen LogP contribution in [0.3, 0.4) is 0 Å². The number of amides is 3. The van der Waals surface area contributed by atoms with Crippen molar-refractivity contribution in [2.75, 3.05) is 26.2 Å². The van der Waals surface area contributed by atoms with Gasteiger partial charge >= 0.3 is 6.03 Å². The average Bonchev–Trinajstić information content (AvgIpc) is 2.82. The van der Waals surface area contributed by atoms with E-state index in [4.69, 9.17) is 27.9 Å². The molecule has 0 saturated carbocycles. The summed E-state index contributed by atoms with van der Waals surface area (Å²) in [7, 11) is 0. The van der Waals surface area contributed by atoms with E-state index >= 15 is 0 Å². The fraction of sp³-hybridized carbons (Fsp3) is 0.417. The van der Waals surface area contributed by atoms with Crippen LogP contribution in [0.1, 0.15) is 36.0 Å². The van der Waals surface area contributed by atoms with E-state index in [2.05, 4.69) is 10.2 Å². The lowest BCUT2D eigenvalue weighted by molar-refractivity contribution is 0.0534. The molecule has 1 N–H and O–H groups in total. The molecule has 2 aromatic carbocycles. The Balaban J connectivity index is 1.20. The minimum Gasteiger partial charge on any atom is -0.490 e. The Morgan fingerprint density at radius 1 is 0.875 bits per heavy atom. The largest absolute Gasteiger partial charge is 0.490 e. The Labute approximate surface area is 198 Å². The molecule has 2 heterocycles. The molecule has 2 aromatic rings. The summed E-state index contributed by atoms with van der Waals surface area (Å²) in [4.78, 5) is 28.9. The summed E-state index contributed by atoms with van der Waals surface area (Å²) in [6.45, 7) is 3.24. The molecular formula is C24H27Cl2N3O3. The van der Waals surface area contributed by atoms with Gasteiger partial charge in [0.05, 0.1) is 10.0 Å². The summed E-state index contributed by atoms with van der Waals surface area (Å²) in [5.41, 5.74) is 0.488. The van der Waals surface area contributed by atoms with Crippen molar-refractivity contribution in [3.05, 3.63) is 64.1 Å². The predicted octanol–water partition coefficient (Wildman–Crippen LogP) is 4.85. The monoisotopic (exact) mass is 475 g/mol. The van der Waals surface area contributed by atoms with Crippen LogP contribution in [0.15, 0.2) is 48.5 Å². The van der Waals surface area contributed by atoms with Crippen LogP contribution in [0, 0.1) is 0 Å². The van der Waals surface area contributed by atoms with Gasteiger partial charge in [-0.25, -0.2) is 4.79 Å². The number of nitrogens with one attached hydrogen (secondary N) is 1. The van der Waals surface area contributed by atoms with E-state index in [1.165, 1.54) is 0 Å². The van der Waals surface area contributed by atoms with Crippen LogP contribution in [0.5, 0.6) is 5.75 Å². The number of piperidine rings is 2. The number of ether oxygens (including phenoxy) is 1. The van der Waals surface area contributed by atoms with E-state index in [0.717, 1.165) is 44.5 Å². The number of halogens is 2. The molecule has 0 bridgehead atoms. The molecular weight excluding hydrogens is 449 g/mol. The Morgan fingerprint density at radius 3 is 2.22 bits per heavy atom. The van der Waals surface area contributed by atoms with Crippen molar-refractivity contribution in [3.8, 4) is 5.75 Å². The summed E-state index contributed by atoms with van der Waals surface area (Å²) in [6, 6.07) is 14.3. The number of hydrogen-bond donors (Lipinski definition) is 1. The van der Waals surface area contributed by atoms with Crippen molar-refractivity contribution < 1.29 is 14.3 Å². The van der Waals surface area contributed by atoms with Gasteiger partial charge in [-0.3, -0.25) is 15.0 Å². The molecule has 2 fully saturated rings. The number of hydrogen-bond acceptors (Lipinski definition) is 4. The number of nitrogens with zero attached hydrogens (tertiary/aromatic N) is 2. The van der Waals surface area contributed by atoms with Gasteiger partial charge in [0.15, 0.2) is 0 Å². The number of carbonyl (C=O) groups excluding carboxylic acids is 2.